The van der Waals surface area contributed by atoms with Crippen LogP contribution in [0.3, 0.4) is 0 Å². The minimum atomic E-state index is -0.0550. The van der Waals surface area contributed by atoms with Gasteiger partial charge in [0.25, 0.3) is 5.56 Å². The first-order valence-corrected chi connectivity index (χ1v) is 11.3. The van der Waals surface area contributed by atoms with Crippen molar-refractivity contribution >= 4 is 11.8 Å². The van der Waals surface area contributed by atoms with E-state index in [1.165, 1.54) is 37.7 Å². The Kier molecular flexibility index (Phi) is 8.91. The van der Waals surface area contributed by atoms with Gasteiger partial charge in [-0.2, -0.15) is 0 Å². The minimum absolute atomic E-state index is 0.0550. The highest BCUT2D eigenvalue weighted by atomic mass is 32.2. The van der Waals surface area contributed by atoms with Gasteiger partial charge in [0.15, 0.2) is 5.16 Å². The molecule has 0 saturated heterocycles. The average Bonchev–Trinajstić information content (AvgIpc) is 2.76. The Bertz CT molecular complexity index is 900. The van der Waals surface area contributed by atoms with E-state index in [9.17, 15) is 4.79 Å². The Morgan fingerprint density at radius 1 is 0.828 bits per heavy atom. The number of rotatable bonds is 12. The van der Waals surface area contributed by atoms with Crippen LogP contribution in [0.4, 0.5) is 0 Å². The van der Waals surface area contributed by atoms with Gasteiger partial charge in [0.05, 0.1) is 0 Å². The van der Waals surface area contributed by atoms with Crippen LogP contribution in [0.25, 0.3) is 0 Å². The Morgan fingerprint density at radius 2 is 1.62 bits per heavy atom. The molecule has 0 aliphatic rings. The van der Waals surface area contributed by atoms with Crippen molar-refractivity contribution in [2.75, 3.05) is 5.75 Å². The molecule has 6 heteroatoms. The number of hydrogen-bond acceptors (Lipinski definition) is 5. The SMILES string of the molecule is O=c1[nH]c(SCCCCCCCCc2ccncc2)ncc1Cc1cccnc1. The van der Waals surface area contributed by atoms with E-state index < -0.39 is 0 Å². The first kappa shape index (κ1) is 21.2. The van der Waals surface area contributed by atoms with Gasteiger partial charge in [0.2, 0.25) is 0 Å². The Hall–Kier alpha value is -2.47. The van der Waals surface area contributed by atoms with E-state index >= 15 is 0 Å². The summed E-state index contributed by atoms with van der Waals surface area (Å²) in [6.07, 6.45) is 18.1. The van der Waals surface area contributed by atoms with Crippen molar-refractivity contribution in [2.45, 2.75) is 56.5 Å². The Morgan fingerprint density at radius 3 is 2.38 bits per heavy atom. The van der Waals surface area contributed by atoms with Gasteiger partial charge in [0, 0.05) is 48.7 Å². The molecule has 3 heterocycles. The molecule has 0 spiro atoms. The third-order valence-corrected chi connectivity index (χ3v) is 5.79. The van der Waals surface area contributed by atoms with Crippen LogP contribution in [0.15, 0.2) is 65.2 Å². The van der Waals surface area contributed by atoms with Crippen LogP contribution in [-0.4, -0.2) is 25.7 Å². The van der Waals surface area contributed by atoms with Gasteiger partial charge in [-0.25, -0.2) is 4.98 Å². The average molecular weight is 409 g/mol. The predicted octanol–water partition coefficient (Wildman–Crippen LogP) is 4.83. The fourth-order valence-electron chi connectivity index (χ4n) is 3.18. The molecule has 5 nitrogen and oxygen atoms in total. The number of hydrogen-bond donors (Lipinski definition) is 1. The Balaban J connectivity index is 1.27. The zero-order valence-electron chi connectivity index (χ0n) is 16.7. The quantitative estimate of drug-likeness (QED) is 0.264. The summed E-state index contributed by atoms with van der Waals surface area (Å²) >= 11 is 1.63. The second kappa shape index (κ2) is 12.2. The summed E-state index contributed by atoms with van der Waals surface area (Å²) < 4.78 is 0. The number of thioether (sulfide) groups is 1. The summed E-state index contributed by atoms with van der Waals surface area (Å²) in [6.45, 7) is 0. The van der Waals surface area contributed by atoms with Crippen molar-refractivity contribution in [3.05, 3.63) is 82.3 Å². The number of pyridine rings is 2. The lowest BCUT2D eigenvalue weighted by Gasteiger charge is -2.04. The van der Waals surface area contributed by atoms with E-state index in [4.69, 9.17) is 0 Å². The topological polar surface area (TPSA) is 71.5 Å². The third-order valence-electron chi connectivity index (χ3n) is 4.82. The zero-order valence-corrected chi connectivity index (χ0v) is 17.5. The molecule has 0 amide bonds. The van der Waals surface area contributed by atoms with Gasteiger partial charge >= 0.3 is 0 Å². The molecule has 0 unspecified atom stereocenters. The molecular formula is C23H28N4OS. The molecule has 0 aliphatic carbocycles. The number of aryl methyl sites for hydroxylation is 1. The lowest BCUT2D eigenvalue weighted by molar-refractivity contribution is 0.609. The van der Waals surface area contributed by atoms with Gasteiger partial charge < -0.3 is 4.98 Å². The smallest absolute Gasteiger partial charge is 0.255 e. The van der Waals surface area contributed by atoms with E-state index in [2.05, 4.69) is 32.1 Å². The van der Waals surface area contributed by atoms with E-state index in [0.29, 0.717) is 17.1 Å². The highest BCUT2D eigenvalue weighted by Gasteiger charge is 2.05. The second-order valence-electron chi connectivity index (χ2n) is 7.16. The van der Waals surface area contributed by atoms with Crippen LogP contribution >= 0.6 is 11.8 Å². The highest BCUT2D eigenvalue weighted by Crippen LogP contribution is 2.16. The van der Waals surface area contributed by atoms with Crippen LogP contribution in [0.2, 0.25) is 0 Å². The van der Waals surface area contributed by atoms with E-state index in [1.54, 1.807) is 30.4 Å². The number of H-pyrrole nitrogens is 1. The molecule has 0 atom stereocenters. The molecule has 3 rings (SSSR count). The Labute approximate surface area is 176 Å². The monoisotopic (exact) mass is 408 g/mol. The van der Waals surface area contributed by atoms with Crippen molar-refractivity contribution in [1.29, 1.82) is 0 Å². The summed E-state index contributed by atoms with van der Waals surface area (Å²) in [7, 11) is 0. The number of nitrogens with zero attached hydrogens (tertiary/aromatic N) is 3. The summed E-state index contributed by atoms with van der Waals surface area (Å²) in [5, 5.41) is 0.710. The summed E-state index contributed by atoms with van der Waals surface area (Å²) in [5.41, 5.74) is 3.01. The molecule has 29 heavy (non-hydrogen) atoms. The first-order valence-electron chi connectivity index (χ1n) is 10.3. The van der Waals surface area contributed by atoms with E-state index in [-0.39, 0.29) is 5.56 Å². The summed E-state index contributed by atoms with van der Waals surface area (Å²) in [4.78, 5) is 27.7. The molecule has 0 aromatic carbocycles. The molecule has 1 N–H and O–H groups in total. The van der Waals surface area contributed by atoms with Crippen LogP contribution in [0.5, 0.6) is 0 Å². The van der Waals surface area contributed by atoms with Crippen molar-refractivity contribution in [1.82, 2.24) is 19.9 Å². The normalized spacial score (nSPS) is 10.9. The molecule has 0 bridgehead atoms. The fraction of sp³-hybridized carbons (Fsp3) is 0.391. The minimum Gasteiger partial charge on any atom is -0.301 e. The van der Waals surface area contributed by atoms with Gasteiger partial charge in [0.1, 0.15) is 0 Å². The molecule has 3 aromatic rings. The number of aromatic amines is 1. The standard InChI is InChI=1S/C23H28N4OS/c28-22-21(16-20-9-7-12-25-17-20)18-26-23(27-22)29-15-6-4-2-1-3-5-8-19-10-13-24-14-11-19/h7,9-14,17-18H,1-6,8,15-16H2,(H,26,27,28). The molecular weight excluding hydrogens is 380 g/mol. The third kappa shape index (κ3) is 7.81. The maximum absolute atomic E-state index is 12.2. The molecule has 152 valence electrons. The highest BCUT2D eigenvalue weighted by molar-refractivity contribution is 7.99. The maximum atomic E-state index is 12.2. The molecule has 0 fully saturated rings. The van der Waals surface area contributed by atoms with E-state index in [1.807, 2.05) is 24.5 Å². The van der Waals surface area contributed by atoms with E-state index in [0.717, 1.165) is 24.2 Å². The largest absolute Gasteiger partial charge is 0.301 e. The number of aromatic nitrogens is 4. The summed E-state index contributed by atoms with van der Waals surface area (Å²) in [5.74, 6) is 0.988. The van der Waals surface area contributed by atoms with Crippen LogP contribution < -0.4 is 5.56 Å². The first-order chi connectivity index (χ1) is 14.3. The van der Waals surface area contributed by atoms with Crippen LogP contribution in [0.1, 0.15) is 55.2 Å². The number of unbranched alkanes of at least 4 members (excludes halogenated alkanes) is 5. The van der Waals surface area contributed by atoms with Crippen molar-refractivity contribution < 1.29 is 0 Å². The molecule has 0 aliphatic heterocycles. The summed E-state index contributed by atoms with van der Waals surface area (Å²) in [6, 6.07) is 8.04. The van der Waals surface area contributed by atoms with Gasteiger partial charge in [-0.15, -0.1) is 0 Å². The van der Waals surface area contributed by atoms with Gasteiger partial charge in [-0.1, -0.05) is 43.5 Å². The van der Waals surface area contributed by atoms with Crippen molar-refractivity contribution in [3.63, 3.8) is 0 Å². The second-order valence-corrected chi connectivity index (χ2v) is 8.24. The van der Waals surface area contributed by atoms with Crippen LogP contribution in [-0.2, 0) is 12.8 Å². The zero-order chi connectivity index (χ0) is 20.2. The molecule has 0 radical (unpaired) electrons. The predicted molar refractivity (Wildman–Crippen MR) is 118 cm³/mol. The maximum Gasteiger partial charge on any atom is 0.255 e. The van der Waals surface area contributed by atoms with Crippen molar-refractivity contribution in [2.24, 2.45) is 0 Å². The van der Waals surface area contributed by atoms with Crippen LogP contribution in [0, 0.1) is 0 Å². The number of nitrogens with one attached hydrogen (secondary N) is 1. The molecule has 3 aromatic heterocycles. The van der Waals surface area contributed by atoms with Gasteiger partial charge in [-0.05, 0) is 48.6 Å². The van der Waals surface area contributed by atoms with Gasteiger partial charge in [-0.3, -0.25) is 14.8 Å². The lowest BCUT2D eigenvalue weighted by atomic mass is 10.1. The molecule has 0 saturated carbocycles. The fourth-order valence-corrected chi connectivity index (χ4v) is 4.02. The van der Waals surface area contributed by atoms with Crippen molar-refractivity contribution in [3.8, 4) is 0 Å². The lowest BCUT2D eigenvalue weighted by Crippen LogP contribution is -2.14.